The molecule has 0 unspecified atom stereocenters. The number of carbonyl (C=O) groups is 3. The van der Waals surface area contributed by atoms with Gasteiger partial charge in [0.2, 0.25) is 5.91 Å². The van der Waals surface area contributed by atoms with Crippen LogP contribution >= 0.6 is 27.7 Å². The van der Waals surface area contributed by atoms with Gasteiger partial charge in [-0.1, -0.05) is 6.07 Å². The van der Waals surface area contributed by atoms with E-state index in [9.17, 15) is 24.5 Å². The Bertz CT molecular complexity index is 851. The molecule has 0 atom stereocenters. The Morgan fingerprint density at radius 1 is 1.26 bits per heavy atom. The molecule has 3 amide bonds. The number of benzene rings is 1. The second-order valence-electron chi connectivity index (χ2n) is 6.18. The average Bonchev–Trinajstić information content (AvgIpc) is 2.91. The number of nitrogens with zero attached hydrogens (tertiary/aromatic N) is 3. The van der Waals surface area contributed by atoms with E-state index in [1.54, 1.807) is 11.0 Å². The number of amides is 3. The van der Waals surface area contributed by atoms with Crippen molar-refractivity contribution in [2.24, 2.45) is 0 Å². The second-order valence-corrected chi connectivity index (χ2v) is 8.02. The fourth-order valence-corrected chi connectivity index (χ4v) is 4.16. The summed E-state index contributed by atoms with van der Waals surface area (Å²) in [5, 5.41) is 10.5. The third-order valence-electron chi connectivity index (χ3n) is 4.34. The van der Waals surface area contributed by atoms with Crippen molar-refractivity contribution in [3.05, 3.63) is 43.3 Å². The minimum Gasteiger partial charge on any atom is -0.341 e. The lowest BCUT2D eigenvalue weighted by Crippen LogP contribution is -2.44. The number of rotatable bonds is 4. The molecule has 2 saturated heterocycles. The average molecular weight is 454 g/mol. The van der Waals surface area contributed by atoms with Gasteiger partial charge in [0.05, 0.1) is 14.3 Å². The number of nitro benzene ring substituents is 1. The van der Waals surface area contributed by atoms with E-state index >= 15 is 0 Å². The van der Waals surface area contributed by atoms with E-state index < -0.39 is 16.1 Å². The molecule has 27 heavy (non-hydrogen) atoms. The second kappa shape index (κ2) is 8.22. The first-order chi connectivity index (χ1) is 12.9. The molecule has 0 spiro atoms. The molecule has 0 radical (unpaired) electrons. The van der Waals surface area contributed by atoms with Gasteiger partial charge in [0.15, 0.2) is 0 Å². The summed E-state index contributed by atoms with van der Waals surface area (Å²) in [6.45, 7) is 1.02. The molecule has 1 aromatic carbocycles. The standard InChI is InChI=1S/C17H16BrN3O5S/c18-12-5-4-11(8-13(12)21(25)26)9-14-16(23)20(17(24)27-14)10-15(22)19-6-2-1-3-7-19/h4-5,8-9H,1-3,6-7,10H2/b14-9-. The summed E-state index contributed by atoms with van der Waals surface area (Å²) in [4.78, 5) is 50.3. The zero-order valence-corrected chi connectivity index (χ0v) is 16.6. The number of piperidine rings is 1. The predicted molar refractivity (Wildman–Crippen MR) is 104 cm³/mol. The molecule has 0 saturated carbocycles. The van der Waals surface area contributed by atoms with Crippen LogP contribution in [-0.4, -0.2) is 51.4 Å². The molecule has 3 rings (SSSR count). The Balaban J connectivity index is 1.75. The van der Waals surface area contributed by atoms with Crippen LogP contribution in [-0.2, 0) is 9.59 Å². The van der Waals surface area contributed by atoms with Gasteiger partial charge < -0.3 is 4.90 Å². The molecule has 2 aliphatic heterocycles. The van der Waals surface area contributed by atoms with Gasteiger partial charge in [-0.2, -0.15) is 0 Å². The Labute approximate surface area is 167 Å². The molecule has 1 aromatic rings. The maximum atomic E-state index is 12.5. The molecule has 0 aromatic heterocycles. The van der Waals surface area contributed by atoms with E-state index in [0.717, 1.165) is 35.9 Å². The zero-order valence-electron chi connectivity index (χ0n) is 14.2. The van der Waals surface area contributed by atoms with Crippen LogP contribution in [0, 0.1) is 10.1 Å². The first kappa shape index (κ1) is 19.6. The molecule has 0 bridgehead atoms. The van der Waals surface area contributed by atoms with E-state index in [1.807, 2.05) is 0 Å². The first-order valence-corrected chi connectivity index (χ1v) is 9.95. The Hall–Kier alpha value is -2.20. The zero-order chi connectivity index (χ0) is 19.6. The molecular formula is C17H16BrN3O5S. The van der Waals surface area contributed by atoms with Crippen molar-refractivity contribution in [2.75, 3.05) is 19.6 Å². The number of nitro groups is 1. The lowest BCUT2D eigenvalue weighted by molar-refractivity contribution is -0.385. The van der Waals surface area contributed by atoms with Crippen molar-refractivity contribution in [3.8, 4) is 0 Å². The largest absolute Gasteiger partial charge is 0.341 e. The van der Waals surface area contributed by atoms with E-state index in [0.29, 0.717) is 23.1 Å². The van der Waals surface area contributed by atoms with E-state index in [4.69, 9.17) is 0 Å². The van der Waals surface area contributed by atoms with Crippen molar-refractivity contribution in [1.82, 2.24) is 9.80 Å². The van der Waals surface area contributed by atoms with Crippen LogP contribution in [0.3, 0.4) is 0 Å². The summed E-state index contributed by atoms with van der Waals surface area (Å²) in [5.41, 5.74) is 0.293. The van der Waals surface area contributed by atoms with Gasteiger partial charge in [0, 0.05) is 19.2 Å². The number of hydrogen-bond acceptors (Lipinski definition) is 6. The highest BCUT2D eigenvalue weighted by Gasteiger charge is 2.37. The van der Waals surface area contributed by atoms with E-state index in [1.165, 1.54) is 18.2 Å². The predicted octanol–water partition coefficient (Wildman–Crippen LogP) is 3.41. The van der Waals surface area contributed by atoms with Gasteiger partial charge >= 0.3 is 0 Å². The fourth-order valence-electron chi connectivity index (χ4n) is 2.93. The van der Waals surface area contributed by atoms with Crippen LogP contribution in [0.25, 0.3) is 6.08 Å². The number of hydrogen-bond donors (Lipinski definition) is 0. The van der Waals surface area contributed by atoms with E-state index in [-0.39, 0.29) is 23.0 Å². The van der Waals surface area contributed by atoms with Crippen molar-refractivity contribution in [3.63, 3.8) is 0 Å². The number of likely N-dealkylation sites (tertiary alicyclic amines) is 1. The summed E-state index contributed by atoms with van der Waals surface area (Å²) in [6.07, 6.45) is 4.36. The van der Waals surface area contributed by atoms with Crippen LogP contribution in [0.15, 0.2) is 27.6 Å². The highest BCUT2D eigenvalue weighted by molar-refractivity contribution is 9.10. The van der Waals surface area contributed by atoms with Gasteiger partial charge in [-0.25, -0.2) is 0 Å². The van der Waals surface area contributed by atoms with Crippen LogP contribution < -0.4 is 0 Å². The van der Waals surface area contributed by atoms with Crippen molar-refractivity contribution in [1.29, 1.82) is 0 Å². The third-order valence-corrected chi connectivity index (χ3v) is 5.92. The summed E-state index contributed by atoms with van der Waals surface area (Å²) in [6, 6.07) is 4.43. The summed E-state index contributed by atoms with van der Waals surface area (Å²) >= 11 is 3.83. The Morgan fingerprint density at radius 2 is 1.96 bits per heavy atom. The third kappa shape index (κ3) is 4.38. The Kier molecular flexibility index (Phi) is 5.95. The highest BCUT2D eigenvalue weighted by atomic mass is 79.9. The van der Waals surface area contributed by atoms with Crippen LogP contribution in [0.5, 0.6) is 0 Å². The lowest BCUT2D eigenvalue weighted by Gasteiger charge is -2.27. The molecule has 2 fully saturated rings. The van der Waals surface area contributed by atoms with Crippen molar-refractivity contribution >= 4 is 56.5 Å². The minimum atomic E-state index is -0.555. The number of imide groups is 1. The van der Waals surface area contributed by atoms with Gasteiger partial charge in [-0.05, 0) is 64.7 Å². The number of carbonyl (C=O) groups excluding carboxylic acids is 3. The van der Waals surface area contributed by atoms with Gasteiger partial charge in [-0.15, -0.1) is 0 Å². The smallest absolute Gasteiger partial charge is 0.294 e. The fraction of sp³-hybridized carbons (Fsp3) is 0.353. The van der Waals surface area contributed by atoms with Crippen molar-refractivity contribution < 1.29 is 19.3 Å². The highest BCUT2D eigenvalue weighted by Crippen LogP contribution is 2.33. The molecular weight excluding hydrogens is 438 g/mol. The van der Waals surface area contributed by atoms with Gasteiger partial charge in [-0.3, -0.25) is 29.4 Å². The quantitative estimate of drug-likeness (QED) is 0.393. The summed E-state index contributed by atoms with van der Waals surface area (Å²) in [5.74, 6) is -0.793. The number of halogens is 1. The topological polar surface area (TPSA) is 101 Å². The normalized spacial score (nSPS) is 19.1. The maximum Gasteiger partial charge on any atom is 0.294 e. The molecule has 142 valence electrons. The molecule has 10 heteroatoms. The van der Waals surface area contributed by atoms with Gasteiger partial charge in [0.1, 0.15) is 6.54 Å². The molecule has 2 aliphatic rings. The molecule has 0 aliphatic carbocycles. The summed E-state index contributed by atoms with van der Waals surface area (Å²) < 4.78 is 0.324. The molecule has 0 N–H and O–H groups in total. The minimum absolute atomic E-state index is 0.136. The van der Waals surface area contributed by atoms with Gasteiger partial charge in [0.25, 0.3) is 16.8 Å². The monoisotopic (exact) mass is 453 g/mol. The van der Waals surface area contributed by atoms with E-state index in [2.05, 4.69) is 15.9 Å². The van der Waals surface area contributed by atoms with Crippen LogP contribution in [0.2, 0.25) is 0 Å². The first-order valence-electron chi connectivity index (χ1n) is 8.34. The SMILES string of the molecule is O=C(CN1C(=O)S/C(=C\c2ccc(Br)c([N+](=O)[O-])c2)C1=O)N1CCCCC1. The molecule has 8 nitrogen and oxygen atoms in total. The van der Waals surface area contributed by atoms with Crippen LogP contribution in [0.4, 0.5) is 10.5 Å². The van der Waals surface area contributed by atoms with Crippen LogP contribution in [0.1, 0.15) is 24.8 Å². The van der Waals surface area contributed by atoms with Crippen molar-refractivity contribution in [2.45, 2.75) is 19.3 Å². The summed E-state index contributed by atoms with van der Waals surface area (Å²) in [7, 11) is 0. The lowest BCUT2D eigenvalue weighted by atomic mass is 10.1. The maximum absolute atomic E-state index is 12.5. The molecule has 2 heterocycles. The Morgan fingerprint density at radius 3 is 2.63 bits per heavy atom. The number of thioether (sulfide) groups is 1.